The van der Waals surface area contributed by atoms with Crippen molar-refractivity contribution < 1.29 is 12.8 Å². The van der Waals surface area contributed by atoms with E-state index in [-0.39, 0.29) is 11.4 Å². The average Bonchev–Trinajstić information content (AvgIpc) is 3.03. The van der Waals surface area contributed by atoms with Crippen LogP contribution in [0.3, 0.4) is 0 Å². The number of nitrogens with one attached hydrogen (secondary N) is 3. The maximum Gasteiger partial charge on any atom is 0.323 e. The molecule has 0 aliphatic heterocycles. The van der Waals surface area contributed by atoms with Gasteiger partial charge in [-0.2, -0.15) is 0 Å². The Morgan fingerprint density at radius 3 is 2.62 bits per heavy atom. The zero-order chi connectivity index (χ0) is 15.0. The van der Waals surface area contributed by atoms with Gasteiger partial charge in [-0.15, -0.1) is 0 Å². The van der Waals surface area contributed by atoms with Gasteiger partial charge in [-0.1, -0.05) is 0 Å². The summed E-state index contributed by atoms with van der Waals surface area (Å²) in [6, 6.07) is 6.27. The van der Waals surface area contributed by atoms with Crippen molar-refractivity contribution in [3.8, 4) is 0 Å². The number of sulfonamides is 1. The molecule has 7 nitrogen and oxygen atoms in total. The molecular formula is C12H10BrN3O4S. The van der Waals surface area contributed by atoms with Crippen molar-refractivity contribution in [1.29, 1.82) is 0 Å². The SMILES string of the molecule is O=c1[nH]c2cc(Br)c(S(=O)(=O)NCc3ccco3)cc2[nH]1. The van der Waals surface area contributed by atoms with Crippen LogP contribution >= 0.6 is 15.9 Å². The van der Waals surface area contributed by atoms with E-state index in [9.17, 15) is 13.2 Å². The molecule has 0 saturated carbocycles. The van der Waals surface area contributed by atoms with Crippen LogP contribution in [0, 0.1) is 0 Å². The molecule has 9 heteroatoms. The number of aromatic nitrogens is 2. The van der Waals surface area contributed by atoms with Gasteiger partial charge in [0.15, 0.2) is 0 Å². The molecule has 1 aromatic carbocycles. The van der Waals surface area contributed by atoms with Gasteiger partial charge >= 0.3 is 5.69 Å². The molecule has 0 aliphatic carbocycles. The molecule has 0 radical (unpaired) electrons. The zero-order valence-corrected chi connectivity index (χ0v) is 12.9. The van der Waals surface area contributed by atoms with Crippen LogP contribution in [0.2, 0.25) is 0 Å². The maximum atomic E-state index is 12.3. The normalized spacial score (nSPS) is 12.0. The summed E-state index contributed by atoms with van der Waals surface area (Å²) in [5, 5.41) is 0. The molecule has 0 spiro atoms. The molecular weight excluding hydrogens is 362 g/mol. The van der Waals surface area contributed by atoms with Crippen LogP contribution in [0.25, 0.3) is 11.0 Å². The van der Waals surface area contributed by atoms with E-state index in [1.54, 1.807) is 12.1 Å². The number of benzene rings is 1. The van der Waals surface area contributed by atoms with Crippen molar-refractivity contribution in [2.45, 2.75) is 11.4 Å². The lowest BCUT2D eigenvalue weighted by Gasteiger charge is -2.07. The highest BCUT2D eigenvalue weighted by Crippen LogP contribution is 2.25. The lowest BCUT2D eigenvalue weighted by molar-refractivity contribution is 0.498. The second-order valence-electron chi connectivity index (χ2n) is 4.31. The van der Waals surface area contributed by atoms with Gasteiger partial charge in [0.2, 0.25) is 10.0 Å². The van der Waals surface area contributed by atoms with Gasteiger partial charge in [0.25, 0.3) is 0 Å². The molecule has 0 atom stereocenters. The van der Waals surface area contributed by atoms with Crippen LogP contribution in [0.15, 0.2) is 49.1 Å². The van der Waals surface area contributed by atoms with E-state index in [0.29, 0.717) is 21.3 Å². The number of rotatable bonds is 4. The van der Waals surface area contributed by atoms with Crippen molar-refractivity contribution >= 4 is 37.0 Å². The second-order valence-corrected chi connectivity index (χ2v) is 6.90. The Morgan fingerprint density at radius 2 is 1.95 bits per heavy atom. The van der Waals surface area contributed by atoms with E-state index < -0.39 is 15.7 Å². The summed E-state index contributed by atoms with van der Waals surface area (Å²) >= 11 is 3.20. The van der Waals surface area contributed by atoms with Crippen LogP contribution < -0.4 is 10.4 Å². The summed E-state index contributed by atoms with van der Waals surface area (Å²) in [5.74, 6) is 0.505. The minimum atomic E-state index is -3.74. The molecule has 0 fully saturated rings. The Balaban J connectivity index is 1.97. The number of imidazole rings is 1. The van der Waals surface area contributed by atoms with Gasteiger partial charge in [-0.25, -0.2) is 17.9 Å². The van der Waals surface area contributed by atoms with Gasteiger partial charge < -0.3 is 14.4 Å². The molecule has 3 aromatic rings. The monoisotopic (exact) mass is 371 g/mol. The summed E-state index contributed by atoms with van der Waals surface area (Å²) in [6.07, 6.45) is 1.47. The smallest absolute Gasteiger partial charge is 0.323 e. The predicted molar refractivity (Wildman–Crippen MR) is 79.4 cm³/mol. The fourth-order valence-corrected chi connectivity index (χ4v) is 3.96. The third-order valence-electron chi connectivity index (χ3n) is 2.87. The lowest BCUT2D eigenvalue weighted by atomic mass is 10.3. The molecule has 0 bridgehead atoms. The number of halogens is 1. The van der Waals surface area contributed by atoms with Crippen LogP contribution in [0.1, 0.15) is 5.76 Å². The van der Waals surface area contributed by atoms with E-state index in [0.717, 1.165) is 0 Å². The van der Waals surface area contributed by atoms with Crippen molar-refractivity contribution in [1.82, 2.24) is 14.7 Å². The van der Waals surface area contributed by atoms with E-state index in [4.69, 9.17) is 4.42 Å². The van der Waals surface area contributed by atoms with Crippen LogP contribution in [0.5, 0.6) is 0 Å². The van der Waals surface area contributed by atoms with E-state index in [1.165, 1.54) is 18.4 Å². The largest absolute Gasteiger partial charge is 0.468 e. The first kappa shape index (κ1) is 14.1. The molecule has 21 heavy (non-hydrogen) atoms. The highest BCUT2D eigenvalue weighted by atomic mass is 79.9. The summed E-state index contributed by atoms with van der Waals surface area (Å²) < 4.78 is 32.5. The van der Waals surface area contributed by atoms with E-state index in [1.807, 2.05) is 0 Å². The molecule has 0 amide bonds. The molecule has 0 saturated heterocycles. The Morgan fingerprint density at radius 1 is 1.24 bits per heavy atom. The predicted octanol–water partition coefficient (Wildman–Crippen LogP) is 1.69. The second kappa shape index (κ2) is 5.17. The van der Waals surface area contributed by atoms with E-state index in [2.05, 4.69) is 30.6 Å². The Bertz CT molecular complexity index is 941. The molecule has 0 unspecified atom stereocenters. The van der Waals surface area contributed by atoms with Crippen LogP contribution in [-0.4, -0.2) is 18.4 Å². The molecule has 3 rings (SSSR count). The van der Waals surface area contributed by atoms with Gasteiger partial charge in [0, 0.05) is 4.47 Å². The number of hydrogen-bond acceptors (Lipinski definition) is 4. The number of furan rings is 1. The van der Waals surface area contributed by atoms with Crippen molar-refractivity contribution in [2.75, 3.05) is 0 Å². The van der Waals surface area contributed by atoms with Gasteiger partial charge in [0.1, 0.15) is 5.76 Å². The van der Waals surface area contributed by atoms with Gasteiger partial charge in [-0.3, -0.25) is 0 Å². The number of H-pyrrole nitrogens is 2. The standard InChI is InChI=1S/C12H10BrN3O4S/c13-8-4-9-10(16-12(17)15-9)5-11(8)21(18,19)14-6-7-2-1-3-20-7/h1-5,14H,6H2,(H2,15,16,17). The first-order chi connectivity index (χ1) is 9.95. The Kier molecular flexibility index (Phi) is 3.47. The number of aromatic amines is 2. The highest BCUT2D eigenvalue weighted by molar-refractivity contribution is 9.10. The molecule has 110 valence electrons. The number of fused-ring (bicyclic) bond motifs is 1. The van der Waals surface area contributed by atoms with E-state index >= 15 is 0 Å². The quantitative estimate of drug-likeness (QED) is 0.648. The zero-order valence-electron chi connectivity index (χ0n) is 10.5. The van der Waals surface area contributed by atoms with Crippen molar-refractivity contribution in [2.24, 2.45) is 0 Å². The molecule has 0 aliphatic rings. The van der Waals surface area contributed by atoms with Crippen LogP contribution in [-0.2, 0) is 16.6 Å². The van der Waals surface area contributed by atoms with Crippen molar-refractivity contribution in [3.63, 3.8) is 0 Å². The third-order valence-corrected chi connectivity index (χ3v) is 5.23. The molecule has 2 heterocycles. The third kappa shape index (κ3) is 2.80. The molecule has 2 aromatic heterocycles. The lowest BCUT2D eigenvalue weighted by Crippen LogP contribution is -2.23. The Labute approximate surface area is 127 Å². The fourth-order valence-electron chi connectivity index (χ4n) is 1.90. The first-order valence-electron chi connectivity index (χ1n) is 5.89. The number of hydrogen-bond donors (Lipinski definition) is 3. The van der Waals surface area contributed by atoms with Crippen LogP contribution in [0.4, 0.5) is 0 Å². The topological polar surface area (TPSA) is 108 Å². The van der Waals surface area contributed by atoms with Gasteiger partial charge in [0.05, 0.1) is 28.7 Å². The first-order valence-corrected chi connectivity index (χ1v) is 8.17. The highest BCUT2D eigenvalue weighted by Gasteiger charge is 2.19. The average molecular weight is 372 g/mol. The maximum absolute atomic E-state index is 12.3. The summed E-state index contributed by atoms with van der Waals surface area (Å²) in [5.41, 5.74) is 0.549. The minimum absolute atomic E-state index is 0.0387. The van der Waals surface area contributed by atoms with Crippen molar-refractivity contribution in [3.05, 3.63) is 51.2 Å². The minimum Gasteiger partial charge on any atom is -0.468 e. The summed E-state index contributed by atoms with van der Waals surface area (Å²) in [6.45, 7) is 0.0451. The van der Waals surface area contributed by atoms with Gasteiger partial charge in [-0.05, 0) is 40.2 Å². The molecule has 3 N–H and O–H groups in total. The Hall–Kier alpha value is -1.84. The summed E-state index contributed by atoms with van der Waals surface area (Å²) in [4.78, 5) is 16.4. The fraction of sp³-hybridized carbons (Fsp3) is 0.0833. The summed E-state index contributed by atoms with van der Waals surface area (Å²) in [7, 11) is -3.74.